The molecular weight excluding hydrogens is 182 g/mol. The lowest BCUT2D eigenvalue weighted by atomic mass is 10.1. The summed E-state index contributed by atoms with van der Waals surface area (Å²) in [5, 5.41) is 9.69. The van der Waals surface area contributed by atoms with Crippen molar-refractivity contribution < 1.29 is 9.32 Å². The van der Waals surface area contributed by atoms with E-state index < -0.39 is 0 Å². The van der Waals surface area contributed by atoms with Crippen molar-refractivity contribution in [1.29, 1.82) is 0 Å². The fraction of sp³-hybridized carbons (Fsp3) is 0.556. The summed E-state index contributed by atoms with van der Waals surface area (Å²) >= 11 is 0. The van der Waals surface area contributed by atoms with Crippen molar-refractivity contribution in [3.05, 3.63) is 18.0 Å². The van der Waals surface area contributed by atoms with E-state index in [0.29, 0.717) is 6.54 Å². The molecule has 0 spiro atoms. The highest BCUT2D eigenvalue weighted by atomic mass is 16.5. The average molecular weight is 195 g/mol. The van der Waals surface area contributed by atoms with E-state index in [1.807, 2.05) is 0 Å². The molecule has 0 aromatic carbocycles. The highest BCUT2D eigenvalue weighted by Crippen LogP contribution is 2.07. The molecule has 0 aliphatic carbocycles. The lowest BCUT2D eigenvalue weighted by Gasteiger charge is -2.07. The predicted octanol–water partition coefficient (Wildman–Crippen LogP) is -0.0997. The van der Waals surface area contributed by atoms with Gasteiger partial charge in [-0.25, -0.2) is 0 Å². The number of carbonyl (C=O) groups is 1. The summed E-state index contributed by atoms with van der Waals surface area (Å²) in [5.41, 5.74) is 0.754. The number of aromatic nitrogens is 1. The Kier molecular flexibility index (Phi) is 2.78. The monoisotopic (exact) mass is 195 g/mol. The Labute approximate surface area is 81.8 Å². The van der Waals surface area contributed by atoms with Crippen LogP contribution in [0.5, 0.6) is 0 Å². The second kappa shape index (κ2) is 4.23. The predicted molar refractivity (Wildman–Crippen MR) is 49.3 cm³/mol. The standard InChI is InChI=1S/C9H13N3O2/c13-9(7-1-3-10-5-7)11-6-8-2-4-14-12-8/h2,4,7,10H,1,3,5-6H2,(H,11,13). The van der Waals surface area contributed by atoms with Crippen LogP contribution in [-0.2, 0) is 11.3 Å². The van der Waals surface area contributed by atoms with Crippen molar-refractivity contribution in [2.24, 2.45) is 5.92 Å². The molecule has 0 bridgehead atoms. The van der Waals surface area contributed by atoms with Gasteiger partial charge in [-0.1, -0.05) is 5.16 Å². The van der Waals surface area contributed by atoms with Gasteiger partial charge >= 0.3 is 0 Å². The molecule has 14 heavy (non-hydrogen) atoms. The lowest BCUT2D eigenvalue weighted by Crippen LogP contribution is -2.31. The maximum Gasteiger partial charge on any atom is 0.224 e. The molecule has 1 unspecified atom stereocenters. The molecule has 5 heteroatoms. The van der Waals surface area contributed by atoms with E-state index in [-0.39, 0.29) is 11.8 Å². The summed E-state index contributed by atoms with van der Waals surface area (Å²) in [6.07, 6.45) is 2.42. The molecule has 1 aromatic rings. The summed E-state index contributed by atoms with van der Waals surface area (Å²) in [6.45, 7) is 2.17. The van der Waals surface area contributed by atoms with E-state index in [9.17, 15) is 4.79 Å². The molecule has 2 N–H and O–H groups in total. The zero-order chi connectivity index (χ0) is 9.80. The number of hydrogen-bond acceptors (Lipinski definition) is 4. The molecule has 1 aliphatic heterocycles. The smallest absolute Gasteiger partial charge is 0.224 e. The maximum atomic E-state index is 11.5. The Morgan fingerprint density at radius 2 is 2.71 bits per heavy atom. The van der Waals surface area contributed by atoms with Crippen LogP contribution in [0.3, 0.4) is 0 Å². The summed E-state index contributed by atoms with van der Waals surface area (Å²) in [6, 6.07) is 1.74. The molecule has 5 nitrogen and oxygen atoms in total. The Morgan fingerprint density at radius 1 is 1.79 bits per heavy atom. The first kappa shape index (κ1) is 9.21. The van der Waals surface area contributed by atoms with E-state index in [4.69, 9.17) is 0 Å². The van der Waals surface area contributed by atoms with Crippen molar-refractivity contribution in [2.45, 2.75) is 13.0 Å². The second-order valence-electron chi connectivity index (χ2n) is 3.40. The molecule has 0 radical (unpaired) electrons. The highest BCUT2D eigenvalue weighted by molar-refractivity contribution is 5.79. The third-order valence-electron chi connectivity index (χ3n) is 2.37. The van der Waals surface area contributed by atoms with Crippen molar-refractivity contribution in [3.63, 3.8) is 0 Å². The van der Waals surface area contributed by atoms with Crippen molar-refractivity contribution >= 4 is 5.91 Å². The Bertz CT molecular complexity index is 291. The first-order valence-corrected chi connectivity index (χ1v) is 4.74. The van der Waals surface area contributed by atoms with Crippen LogP contribution in [0.2, 0.25) is 0 Å². The van der Waals surface area contributed by atoms with E-state index in [1.54, 1.807) is 6.07 Å². The lowest BCUT2D eigenvalue weighted by molar-refractivity contribution is -0.124. The zero-order valence-corrected chi connectivity index (χ0v) is 7.82. The van der Waals surface area contributed by atoms with Crippen LogP contribution >= 0.6 is 0 Å². The normalized spacial score (nSPS) is 21.0. The van der Waals surface area contributed by atoms with Gasteiger partial charge in [-0.15, -0.1) is 0 Å². The van der Waals surface area contributed by atoms with Gasteiger partial charge in [-0.2, -0.15) is 0 Å². The largest absolute Gasteiger partial charge is 0.364 e. The van der Waals surface area contributed by atoms with E-state index >= 15 is 0 Å². The zero-order valence-electron chi connectivity index (χ0n) is 7.82. The van der Waals surface area contributed by atoms with Crippen molar-refractivity contribution in [2.75, 3.05) is 13.1 Å². The van der Waals surface area contributed by atoms with Gasteiger partial charge in [0, 0.05) is 12.6 Å². The minimum atomic E-state index is 0.0954. The Balaban J connectivity index is 1.77. The highest BCUT2D eigenvalue weighted by Gasteiger charge is 2.21. The third kappa shape index (κ3) is 2.11. The van der Waals surface area contributed by atoms with E-state index in [1.165, 1.54) is 6.26 Å². The second-order valence-corrected chi connectivity index (χ2v) is 3.40. The molecule has 1 atom stereocenters. The molecule has 76 valence electrons. The number of rotatable bonds is 3. The van der Waals surface area contributed by atoms with Crippen LogP contribution in [0.15, 0.2) is 16.9 Å². The van der Waals surface area contributed by atoms with Gasteiger partial charge in [0.2, 0.25) is 5.91 Å². The minimum absolute atomic E-state index is 0.0954. The van der Waals surface area contributed by atoms with Gasteiger partial charge in [0.05, 0.1) is 12.5 Å². The molecule has 1 fully saturated rings. The quantitative estimate of drug-likeness (QED) is 0.706. The van der Waals surface area contributed by atoms with Crippen LogP contribution < -0.4 is 10.6 Å². The molecule has 1 saturated heterocycles. The SMILES string of the molecule is O=C(NCc1ccon1)C1CCNC1. The Hall–Kier alpha value is -1.36. The van der Waals surface area contributed by atoms with Gasteiger partial charge in [0.1, 0.15) is 12.0 Å². The summed E-state index contributed by atoms with van der Waals surface area (Å²) in [5.74, 6) is 0.208. The van der Waals surface area contributed by atoms with Crippen LogP contribution in [0.25, 0.3) is 0 Å². The summed E-state index contributed by atoms with van der Waals surface area (Å²) in [4.78, 5) is 11.5. The molecule has 1 aliphatic rings. The molecule has 1 aromatic heterocycles. The third-order valence-corrected chi connectivity index (χ3v) is 2.37. The molecular formula is C9H13N3O2. The fourth-order valence-electron chi connectivity index (χ4n) is 1.53. The van der Waals surface area contributed by atoms with Gasteiger partial charge in [0.15, 0.2) is 0 Å². The average Bonchev–Trinajstić information content (AvgIpc) is 2.87. The van der Waals surface area contributed by atoms with Gasteiger partial charge in [-0.3, -0.25) is 4.79 Å². The van der Waals surface area contributed by atoms with Crippen molar-refractivity contribution in [1.82, 2.24) is 15.8 Å². The fourth-order valence-corrected chi connectivity index (χ4v) is 1.53. The first-order chi connectivity index (χ1) is 6.86. The number of carbonyl (C=O) groups excluding carboxylic acids is 1. The van der Waals surface area contributed by atoms with Crippen LogP contribution in [0, 0.1) is 5.92 Å². The van der Waals surface area contributed by atoms with Gasteiger partial charge in [0.25, 0.3) is 0 Å². The molecule has 0 saturated carbocycles. The molecule has 2 heterocycles. The first-order valence-electron chi connectivity index (χ1n) is 4.74. The van der Waals surface area contributed by atoms with Crippen LogP contribution in [-0.4, -0.2) is 24.2 Å². The van der Waals surface area contributed by atoms with E-state index in [2.05, 4.69) is 20.3 Å². The molecule has 2 rings (SSSR count). The number of amides is 1. The van der Waals surface area contributed by atoms with Gasteiger partial charge < -0.3 is 15.2 Å². The minimum Gasteiger partial charge on any atom is -0.364 e. The molecule has 1 amide bonds. The topological polar surface area (TPSA) is 67.2 Å². The number of nitrogens with one attached hydrogen (secondary N) is 2. The van der Waals surface area contributed by atoms with Crippen LogP contribution in [0.1, 0.15) is 12.1 Å². The summed E-state index contributed by atoms with van der Waals surface area (Å²) in [7, 11) is 0. The number of nitrogens with zero attached hydrogens (tertiary/aromatic N) is 1. The van der Waals surface area contributed by atoms with Crippen LogP contribution in [0.4, 0.5) is 0 Å². The van der Waals surface area contributed by atoms with Crippen molar-refractivity contribution in [3.8, 4) is 0 Å². The van der Waals surface area contributed by atoms with Gasteiger partial charge in [-0.05, 0) is 13.0 Å². The maximum absolute atomic E-state index is 11.5. The summed E-state index contributed by atoms with van der Waals surface area (Å²) < 4.78 is 4.66. The van der Waals surface area contributed by atoms with E-state index in [0.717, 1.165) is 25.2 Å². The number of hydrogen-bond donors (Lipinski definition) is 2. The Morgan fingerprint density at radius 3 is 3.36 bits per heavy atom.